The Kier molecular flexibility index (Phi) is 6.86. The zero-order chi connectivity index (χ0) is 12.5. The molecule has 1 rings (SSSR count). The Morgan fingerprint density at radius 1 is 1.24 bits per heavy atom. The van der Waals surface area contributed by atoms with Crippen LogP contribution in [-0.4, -0.2) is 42.3 Å². The summed E-state index contributed by atoms with van der Waals surface area (Å²) in [4.78, 5) is 2.35. The minimum Gasteiger partial charge on any atom is -0.395 e. The monoisotopic (exact) mass is 236 g/mol. The van der Waals surface area contributed by atoms with Crippen LogP contribution in [0.3, 0.4) is 0 Å². The number of rotatable bonds is 8. The highest BCUT2D eigenvalue weighted by Crippen LogP contribution is 2.04. The first-order valence-electron chi connectivity index (χ1n) is 6.40. The largest absolute Gasteiger partial charge is 0.395 e. The van der Waals surface area contributed by atoms with Crippen molar-refractivity contribution in [3.8, 4) is 0 Å². The van der Waals surface area contributed by atoms with Crippen LogP contribution >= 0.6 is 0 Å². The molecule has 0 heterocycles. The maximum absolute atomic E-state index is 9.28. The third kappa shape index (κ3) is 5.31. The molecule has 2 N–H and O–H groups in total. The fourth-order valence-corrected chi connectivity index (χ4v) is 1.93. The van der Waals surface area contributed by atoms with E-state index in [1.54, 1.807) is 0 Å². The van der Waals surface area contributed by atoms with E-state index in [-0.39, 0.29) is 12.6 Å². The summed E-state index contributed by atoms with van der Waals surface area (Å²) in [5, 5.41) is 12.6. The third-order valence-corrected chi connectivity index (χ3v) is 2.89. The van der Waals surface area contributed by atoms with Crippen molar-refractivity contribution in [2.24, 2.45) is 0 Å². The number of aliphatic hydroxyl groups is 1. The van der Waals surface area contributed by atoms with Gasteiger partial charge in [-0.25, -0.2) is 0 Å². The SMILES string of the molecule is CCNC(CO)CN(CC)Cc1ccccc1. The Morgan fingerprint density at radius 2 is 1.94 bits per heavy atom. The van der Waals surface area contributed by atoms with Crippen LogP contribution in [0, 0.1) is 0 Å². The molecule has 0 bridgehead atoms. The smallest absolute Gasteiger partial charge is 0.0597 e. The molecule has 0 aliphatic carbocycles. The van der Waals surface area contributed by atoms with E-state index in [2.05, 4.69) is 48.3 Å². The standard InChI is InChI=1S/C14H24N2O/c1-3-15-14(12-17)11-16(4-2)10-13-8-6-5-7-9-13/h5-9,14-15,17H,3-4,10-12H2,1-2H3. The molecule has 1 aromatic rings. The molecule has 1 unspecified atom stereocenters. The molecule has 1 atom stereocenters. The van der Waals surface area contributed by atoms with Crippen molar-refractivity contribution in [2.45, 2.75) is 26.4 Å². The van der Waals surface area contributed by atoms with E-state index < -0.39 is 0 Å². The highest BCUT2D eigenvalue weighted by atomic mass is 16.3. The average molecular weight is 236 g/mol. The second-order valence-corrected chi connectivity index (χ2v) is 4.25. The minimum atomic E-state index is 0.170. The van der Waals surface area contributed by atoms with Gasteiger partial charge in [0.25, 0.3) is 0 Å². The van der Waals surface area contributed by atoms with Gasteiger partial charge in [-0.1, -0.05) is 44.2 Å². The lowest BCUT2D eigenvalue weighted by Gasteiger charge is -2.25. The number of hydrogen-bond acceptors (Lipinski definition) is 3. The zero-order valence-electron chi connectivity index (χ0n) is 10.9. The van der Waals surface area contributed by atoms with Crippen molar-refractivity contribution in [2.75, 3.05) is 26.2 Å². The lowest BCUT2D eigenvalue weighted by Crippen LogP contribution is -2.43. The van der Waals surface area contributed by atoms with Crippen molar-refractivity contribution < 1.29 is 5.11 Å². The van der Waals surface area contributed by atoms with Gasteiger partial charge < -0.3 is 10.4 Å². The number of nitrogens with zero attached hydrogens (tertiary/aromatic N) is 1. The summed E-state index contributed by atoms with van der Waals surface area (Å²) in [6.45, 7) is 8.14. The molecule has 96 valence electrons. The Morgan fingerprint density at radius 3 is 2.47 bits per heavy atom. The number of nitrogens with one attached hydrogen (secondary N) is 1. The molecule has 0 saturated carbocycles. The predicted molar refractivity (Wildman–Crippen MR) is 71.9 cm³/mol. The summed E-state index contributed by atoms with van der Waals surface area (Å²) in [5.74, 6) is 0. The first-order chi connectivity index (χ1) is 8.30. The third-order valence-electron chi connectivity index (χ3n) is 2.89. The van der Waals surface area contributed by atoms with Gasteiger partial charge in [0, 0.05) is 19.1 Å². The summed E-state index contributed by atoms with van der Waals surface area (Å²) >= 11 is 0. The maximum Gasteiger partial charge on any atom is 0.0597 e. The molecule has 17 heavy (non-hydrogen) atoms. The zero-order valence-corrected chi connectivity index (χ0v) is 10.9. The molecule has 0 radical (unpaired) electrons. The Balaban J connectivity index is 2.48. The second-order valence-electron chi connectivity index (χ2n) is 4.25. The summed E-state index contributed by atoms with van der Waals surface area (Å²) in [6, 6.07) is 10.6. The van der Waals surface area contributed by atoms with Crippen LogP contribution in [0.1, 0.15) is 19.4 Å². The summed E-state index contributed by atoms with van der Waals surface area (Å²) in [6.07, 6.45) is 0. The number of hydrogen-bond donors (Lipinski definition) is 2. The molecular weight excluding hydrogens is 212 g/mol. The van der Waals surface area contributed by atoms with Gasteiger partial charge in [0.2, 0.25) is 0 Å². The van der Waals surface area contributed by atoms with Gasteiger partial charge in [-0.3, -0.25) is 4.90 Å². The van der Waals surface area contributed by atoms with Gasteiger partial charge in [-0.15, -0.1) is 0 Å². The first kappa shape index (κ1) is 14.2. The van der Waals surface area contributed by atoms with Crippen LogP contribution < -0.4 is 5.32 Å². The molecule has 0 fully saturated rings. The van der Waals surface area contributed by atoms with Gasteiger partial charge in [0.05, 0.1) is 6.61 Å². The maximum atomic E-state index is 9.28. The normalized spacial score (nSPS) is 12.9. The number of aliphatic hydroxyl groups excluding tert-OH is 1. The lowest BCUT2D eigenvalue weighted by atomic mass is 10.2. The minimum absolute atomic E-state index is 0.170. The molecule has 0 aromatic heterocycles. The van der Waals surface area contributed by atoms with Crippen molar-refractivity contribution in [3.63, 3.8) is 0 Å². The molecule has 3 heteroatoms. The van der Waals surface area contributed by atoms with Crippen molar-refractivity contribution in [3.05, 3.63) is 35.9 Å². The molecule has 0 aliphatic heterocycles. The molecule has 3 nitrogen and oxygen atoms in total. The molecule has 0 saturated heterocycles. The van der Waals surface area contributed by atoms with Crippen LogP contribution in [0.5, 0.6) is 0 Å². The molecule has 0 aliphatic rings. The predicted octanol–water partition coefficient (Wildman–Crippen LogP) is 1.48. The summed E-state index contributed by atoms with van der Waals surface area (Å²) in [5.41, 5.74) is 1.32. The average Bonchev–Trinajstić information content (AvgIpc) is 2.38. The van der Waals surface area contributed by atoms with E-state index >= 15 is 0 Å². The first-order valence-corrected chi connectivity index (χ1v) is 6.40. The number of benzene rings is 1. The Labute approximate surface area is 104 Å². The summed E-state index contributed by atoms with van der Waals surface area (Å²) in [7, 11) is 0. The van der Waals surface area contributed by atoms with E-state index in [9.17, 15) is 5.11 Å². The number of likely N-dealkylation sites (N-methyl/N-ethyl adjacent to an activating group) is 2. The molecular formula is C14H24N2O. The highest BCUT2D eigenvalue weighted by molar-refractivity contribution is 5.14. The van der Waals surface area contributed by atoms with Crippen LogP contribution in [0.4, 0.5) is 0 Å². The second kappa shape index (κ2) is 8.23. The Bertz CT molecular complexity index is 290. The van der Waals surface area contributed by atoms with Crippen molar-refractivity contribution >= 4 is 0 Å². The molecule has 0 amide bonds. The van der Waals surface area contributed by atoms with Crippen LogP contribution in [0.15, 0.2) is 30.3 Å². The van der Waals surface area contributed by atoms with E-state index in [1.165, 1.54) is 5.56 Å². The van der Waals surface area contributed by atoms with Crippen molar-refractivity contribution in [1.29, 1.82) is 0 Å². The van der Waals surface area contributed by atoms with Crippen LogP contribution in [-0.2, 0) is 6.54 Å². The van der Waals surface area contributed by atoms with Crippen LogP contribution in [0.2, 0.25) is 0 Å². The summed E-state index contributed by atoms with van der Waals surface area (Å²) < 4.78 is 0. The van der Waals surface area contributed by atoms with E-state index in [0.717, 1.165) is 26.2 Å². The lowest BCUT2D eigenvalue weighted by molar-refractivity contribution is 0.182. The quantitative estimate of drug-likeness (QED) is 0.717. The topological polar surface area (TPSA) is 35.5 Å². The van der Waals surface area contributed by atoms with E-state index in [4.69, 9.17) is 0 Å². The highest BCUT2D eigenvalue weighted by Gasteiger charge is 2.11. The fourth-order valence-electron chi connectivity index (χ4n) is 1.93. The van der Waals surface area contributed by atoms with Gasteiger partial charge in [0.1, 0.15) is 0 Å². The van der Waals surface area contributed by atoms with E-state index in [0.29, 0.717) is 0 Å². The van der Waals surface area contributed by atoms with E-state index in [1.807, 2.05) is 6.07 Å². The van der Waals surface area contributed by atoms with Crippen molar-refractivity contribution in [1.82, 2.24) is 10.2 Å². The fraction of sp³-hybridized carbons (Fsp3) is 0.571. The Hall–Kier alpha value is -0.900. The molecule has 1 aromatic carbocycles. The van der Waals surface area contributed by atoms with Gasteiger partial charge in [0.15, 0.2) is 0 Å². The van der Waals surface area contributed by atoms with Gasteiger partial charge >= 0.3 is 0 Å². The van der Waals surface area contributed by atoms with Gasteiger partial charge in [-0.2, -0.15) is 0 Å². The molecule has 0 spiro atoms. The van der Waals surface area contributed by atoms with Crippen LogP contribution in [0.25, 0.3) is 0 Å². The van der Waals surface area contributed by atoms with Gasteiger partial charge in [-0.05, 0) is 18.7 Å².